The van der Waals surface area contributed by atoms with E-state index in [2.05, 4.69) is 33.8 Å². The fraction of sp³-hybridized carbons (Fsp3) is 0.778. The van der Waals surface area contributed by atoms with Gasteiger partial charge in [0.05, 0.1) is 0 Å². The van der Waals surface area contributed by atoms with Crippen LogP contribution in [0.4, 0.5) is 0 Å². The number of hydrogen-bond acceptors (Lipinski definition) is 4. The molecule has 1 aliphatic heterocycles. The van der Waals surface area contributed by atoms with Crippen molar-refractivity contribution in [3.05, 3.63) is 23.5 Å². The van der Waals surface area contributed by atoms with Crippen molar-refractivity contribution in [1.82, 2.24) is 0 Å². The zero-order valence-corrected chi connectivity index (χ0v) is 19.8. The van der Waals surface area contributed by atoms with Gasteiger partial charge in [0, 0.05) is 18.6 Å². The van der Waals surface area contributed by atoms with Gasteiger partial charge in [0.25, 0.3) is 0 Å². The normalized spacial score (nSPS) is 45.6. The van der Waals surface area contributed by atoms with Crippen molar-refractivity contribution < 1.29 is 19.1 Å². The van der Waals surface area contributed by atoms with Gasteiger partial charge in [-0.15, -0.1) is 0 Å². The van der Waals surface area contributed by atoms with E-state index in [1.807, 2.05) is 0 Å². The highest BCUT2D eigenvalue weighted by molar-refractivity contribution is 5.89. The Morgan fingerprint density at radius 3 is 2.55 bits per heavy atom. The van der Waals surface area contributed by atoms with Crippen LogP contribution < -0.4 is 0 Å². The first-order chi connectivity index (χ1) is 14.5. The molecule has 0 saturated heterocycles. The molecule has 0 bridgehead atoms. The molecule has 31 heavy (non-hydrogen) atoms. The van der Waals surface area contributed by atoms with Gasteiger partial charge in [-0.3, -0.25) is 4.79 Å². The van der Waals surface area contributed by atoms with Crippen LogP contribution in [0, 0.1) is 39.9 Å². The van der Waals surface area contributed by atoms with Crippen LogP contribution in [-0.2, 0) is 19.1 Å². The minimum Gasteiger partial charge on any atom is -0.458 e. The lowest BCUT2D eigenvalue weighted by molar-refractivity contribution is -0.176. The molecule has 0 aromatic heterocycles. The molecule has 0 aromatic carbocycles. The predicted molar refractivity (Wildman–Crippen MR) is 119 cm³/mol. The lowest BCUT2D eigenvalue weighted by Gasteiger charge is -2.66. The molecule has 4 heteroatoms. The van der Waals surface area contributed by atoms with E-state index in [4.69, 9.17) is 9.47 Å². The molecule has 1 heterocycles. The summed E-state index contributed by atoms with van der Waals surface area (Å²) in [6.45, 7) is 11.6. The standard InChI is InChI=1S/C27H38O4/c1-16(28)30-21-15-19-17(13-20-18(21)14-24(29)31-20)7-8-23-26(19,4)12-9-22-25(2,3)10-6-11-27(22,23)5/h13-14,17,19,21-23H,6-12,15H2,1-5H3/t17-,19-,21-,22+,23+,26+,27+/m1/s1. The Bertz CT molecular complexity index is 866. The highest BCUT2D eigenvalue weighted by atomic mass is 16.6. The monoisotopic (exact) mass is 426 g/mol. The van der Waals surface area contributed by atoms with Crippen molar-refractivity contribution >= 4 is 11.9 Å². The topological polar surface area (TPSA) is 52.6 Å². The van der Waals surface area contributed by atoms with Crippen molar-refractivity contribution in [2.45, 2.75) is 92.1 Å². The Hall–Kier alpha value is -1.58. The average Bonchev–Trinajstić information content (AvgIpc) is 2.95. The SMILES string of the molecule is CC(=O)O[C@@H]1C[C@@H]2[C@@H](C=C3OC(=O)C=C31)CC[C@H]1[C@@]2(C)CC[C@H]2C(C)(C)CCC[C@]12C. The summed E-state index contributed by atoms with van der Waals surface area (Å²) < 4.78 is 11.3. The summed E-state index contributed by atoms with van der Waals surface area (Å²) in [5, 5.41) is 0. The molecular weight excluding hydrogens is 388 g/mol. The summed E-state index contributed by atoms with van der Waals surface area (Å²) >= 11 is 0. The number of rotatable bonds is 1. The minimum atomic E-state index is -0.380. The number of hydrogen-bond donors (Lipinski definition) is 0. The highest BCUT2D eigenvalue weighted by Gasteiger charge is 2.62. The largest absolute Gasteiger partial charge is 0.458 e. The third-order valence-electron chi connectivity index (χ3n) is 10.2. The van der Waals surface area contributed by atoms with E-state index >= 15 is 0 Å². The first-order valence-electron chi connectivity index (χ1n) is 12.4. The lowest BCUT2D eigenvalue weighted by Crippen LogP contribution is -2.59. The summed E-state index contributed by atoms with van der Waals surface area (Å²) in [6, 6.07) is 0. The first kappa shape index (κ1) is 21.3. The highest BCUT2D eigenvalue weighted by Crippen LogP contribution is 2.70. The van der Waals surface area contributed by atoms with Crippen LogP contribution in [-0.4, -0.2) is 18.0 Å². The summed E-state index contributed by atoms with van der Waals surface area (Å²) in [5.74, 6) is 2.33. The number of carbonyl (C=O) groups excluding carboxylic acids is 2. The van der Waals surface area contributed by atoms with E-state index in [9.17, 15) is 9.59 Å². The molecule has 5 aliphatic rings. The fourth-order valence-electron chi connectivity index (χ4n) is 9.12. The van der Waals surface area contributed by atoms with Crippen molar-refractivity contribution in [2.75, 3.05) is 0 Å². The second-order valence-corrected chi connectivity index (χ2v) is 12.2. The first-order valence-corrected chi connectivity index (χ1v) is 12.4. The van der Waals surface area contributed by atoms with E-state index in [1.54, 1.807) is 6.08 Å². The molecule has 3 fully saturated rings. The second-order valence-electron chi connectivity index (χ2n) is 12.2. The van der Waals surface area contributed by atoms with Crippen LogP contribution in [0.1, 0.15) is 86.0 Å². The van der Waals surface area contributed by atoms with Crippen molar-refractivity contribution in [3.8, 4) is 0 Å². The van der Waals surface area contributed by atoms with Crippen molar-refractivity contribution in [1.29, 1.82) is 0 Å². The molecule has 0 radical (unpaired) electrons. The van der Waals surface area contributed by atoms with Gasteiger partial charge in [0.2, 0.25) is 0 Å². The fourth-order valence-corrected chi connectivity index (χ4v) is 9.12. The summed E-state index contributed by atoms with van der Waals surface area (Å²) in [6.07, 6.45) is 13.1. The molecule has 0 spiro atoms. The zero-order chi connectivity index (χ0) is 22.2. The van der Waals surface area contributed by atoms with Gasteiger partial charge in [-0.25, -0.2) is 4.79 Å². The molecule has 0 amide bonds. The zero-order valence-electron chi connectivity index (χ0n) is 19.8. The minimum absolute atomic E-state index is 0.222. The van der Waals surface area contributed by atoms with Crippen LogP contribution in [0.5, 0.6) is 0 Å². The van der Waals surface area contributed by atoms with E-state index in [1.165, 1.54) is 45.4 Å². The van der Waals surface area contributed by atoms with Crippen LogP contribution in [0.15, 0.2) is 23.5 Å². The molecule has 3 saturated carbocycles. The van der Waals surface area contributed by atoms with Crippen LogP contribution in [0.25, 0.3) is 0 Å². The summed E-state index contributed by atoms with van der Waals surface area (Å²) in [4.78, 5) is 23.9. The molecule has 170 valence electrons. The quantitative estimate of drug-likeness (QED) is 0.485. The molecule has 7 atom stereocenters. The van der Waals surface area contributed by atoms with Gasteiger partial charge in [0.15, 0.2) is 0 Å². The van der Waals surface area contributed by atoms with Crippen molar-refractivity contribution in [3.63, 3.8) is 0 Å². The Morgan fingerprint density at radius 1 is 1.03 bits per heavy atom. The van der Waals surface area contributed by atoms with E-state index < -0.39 is 0 Å². The smallest absolute Gasteiger partial charge is 0.336 e. The second kappa shape index (κ2) is 6.96. The maximum Gasteiger partial charge on any atom is 0.336 e. The Morgan fingerprint density at radius 2 is 1.81 bits per heavy atom. The molecule has 4 aliphatic carbocycles. The molecule has 4 nitrogen and oxygen atoms in total. The molecular formula is C27H38O4. The number of carbonyl (C=O) groups is 2. The Labute approximate surface area is 186 Å². The molecule has 0 aromatic rings. The lowest BCUT2D eigenvalue weighted by atomic mass is 9.38. The summed E-state index contributed by atoms with van der Waals surface area (Å²) in [5.41, 5.74) is 1.80. The van der Waals surface area contributed by atoms with Gasteiger partial charge in [-0.1, -0.05) is 34.1 Å². The van der Waals surface area contributed by atoms with Gasteiger partial charge < -0.3 is 9.47 Å². The number of esters is 2. The van der Waals surface area contributed by atoms with Gasteiger partial charge in [-0.05, 0) is 90.9 Å². The number of fused-ring (bicyclic) bond motifs is 6. The molecule has 0 N–H and O–H groups in total. The van der Waals surface area contributed by atoms with Gasteiger partial charge in [-0.2, -0.15) is 0 Å². The Kier molecular flexibility index (Phi) is 4.77. The third-order valence-corrected chi connectivity index (χ3v) is 10.2. The van der Waals surface area contributed by atoms with E-state index in [0.29, 0.717) is 34.3 Å². The van der Waals surface area contributed by atoms with Crippen LogP contribution >= 0.6 is 0 Å². The maximum atomic E-state index is 12.0. The maximum absolute atomic E-state index is 12.0. The van der Waals surface area contributed by atoms with Crippen LogP contribution in [0.3, 0.4) is 0 Å². The summed E-state index contributed by atoms with van der Waals surface area (Å²) in [7, 11) is 0. The van der Waals surface area contributed by atoms with Crippen LogP contribution in [0.2, 0.25) is 0 Å². The average molecular weight is 427 g/mol. The molecule has 0 unspecified atom stereocenters. The third kappa shape index (κ3) is 3.15. The van der Waals surface area contributed by atoms with Gasteiger partial charge in [0.1, 0.15) is 11.9 Å². The van der Waals surface area contributed by atoms with E-state index in [-0.39, 0.29) is 23.5 Å². The predicted octanol–water partition coefficient (Wildman–Crippen LogP) is 5.96. The van der Waals surface area contributed by atoms with Crippen molar-refractivity contribution in [2.24, 2.45) is 39.9 Å². The number of ether oxygens (including phenoxy) is 2. The Balaban J connectivity index is 1.53. The van der Waals surface area contributed by atoms with E-state index in [0.717, 1.165) is 24.3 Å². The van der Waals surface area contributed by atoms with Gasteiger partial charge >= 0.3 is 11.9 Å². The molecule has 5 rings (SSSR count). The number of allylic oxidation sites excluding steroid dienone is 1.